The molecule has 2 rings (SSSR count). The van der Waals surface area contributed by atoms with Crippen LogP contribution in [0.1, 0.15) is 11.1 Å². The van der Waals surface area contributed by atoms with Gasteiger partial charge in [-0.15, -0.1) is 4.40 Å². The highest BCUT2D eigenvalue weighted by Gasteiger charge is 2.17. The van der Waals surface area contributed by atoms with E-state index in [4.69, 9.17) is 4.74 Å². The van der Waals surface area contributed by atoms with E-state index in [1.807, 2.05) is 6.92 Å². The Morgan fingerprint density at radius 1 is 1.04 bits per heavy atom. The minimum absolute atomic E-state index is 0.0640. The Kier molecular flexibility index (Phi) is 5.93. The predicted octanol–water partition coefficient (Wildman–Crippen LogP) is 2.24. The van der Waals surface area contributed by atoms with Crippen LogP contribution >= 0.6 is 0 Å². The lowest BCUT2D eigenvalue weighted by Gasteiger charge is -2.13. The van der Waals surface area contributed by atoms with Gasteiger partial charge in [0.1, 0.15) is 0 Å². The summed E-state index contributed by atoms with van der Waals surface area (Å²) in [6.45, 7) is 1.56. The molecule has 0 aliphatic rings. The van der Waals surface area contributed by atoms with E-state index in [0.29, 0.717) is 5.56 Å². The lowest BCUT2D eigenvalue weighted by molar-refractivity contribution is -0.131. The monoisotopic (exact) mass is 360 g/mol. The summed E-state index contributed by atoms with van der Waals surface area (Å²) < 4.78 is 34.3. The number of sulfonamides is 1. The Labute approximate surface area is 147 Å². The van der Waals surface area contributed by atoms with Crippen molar-refractivity contribution in [3.63, 3.8) is 0 Å². The predicted molar refractivity (Wildman–Crippen MR) is 96.0 cm³/mol. The topological polar surface area (TPSA) is 76.0 Å². The van der Waals surface area contributed by atoms with E-state index in [1.54, 1.807) is 56.6 Å². The second-order valence-corrected chi connectivity index (χ2v) is 7.23. The molecule has 0 bridgehead atoms. The first-order valence-electron chi connectivity index (χ1n) is 7.59. The SMILES string of the molecule is Cc1ccc(S(=O)(=O)N=C(OCC(=O)N(C)C)c2ccccc2)cc1. The van der Waals surface area contributed by atoms with Crippen molar-refractivity contribution >= 4 is 21.8 Å². The molecule has 132 valence electrons. The summed E-state index contributed by atoms with van der Waals surface area (Å²) >= 11 is 0. The van der Waals surface area contributed by atoms with Crippen molar-refractivity contribution in [3.05, 3.63) is 65.7 Å². The summed E-state index contributed by atoms with van der Waals surface area (Å²) in [6.07, 6.45) is 0. The van der Waals surface area contributed by atoms with Crippen molar-refractivity contribution in [1.82, 2.24) is 4.90 Å². The average Bonchev–Trinajstić information content (AvgIpc) is 2.59. The zero-order chi connectivity index (χ0) is 18.4. The van der Waals surface area contributed by atoms with Crippen molar-refractivity contribution in [2.75, 3.05) is 20.7 Å². The molecule has 0 saturated carbocycles. The van der Waals surface area contributed by atoms with Crippen LogP contribution in [0.2, 0.25) is 0 Å². The molecule has 0 atom stereocenters. The first-order chi connectivity index (χ1) is 11.8. The molecule has 0 unspecified atom stereocenters. The fourth-order valence-electron chi connectivity index (χ4n) is 1.87. The summed E-state index contributed by atoms with van der Waals surface area (Å²) in [7, 11) is -0.772. The molecule has 0 saturated heterocycles. The third-order valence-electron chi connectivity index (χ3n) is 3.37. The van der Waals surface area contributed by atoms with Crippen LogP contribution in [0.25, 0.3) is 0 Å². The number of benzene rings is 2. The Balaban J connectivity index is 2.38. The Morgan fingerprint density at radius 2 is 1.64 bits per heavy atom. The molecule has 2 aromatic rings. The largest absolute Gasteiger partial charge is 0.467 e. The van der Waals surface area contributed by atoms with Crippen molar-refractivity contribution < 1.29 is 17.9 Å². The lowest BCUT2D eigenvalue weighted by Crippen LogP contribution is -2.28. The molecule has 1 amide bonds. The van der Waals surface area contributed by atoms with Crippen LogP contribution < -0.4 is 0 Å². The van der Waals surface area contributed by atoms with Gasteiger partial charge in [0, 0.05) is 19.7 Å². The zero-order valence-corrected chi connectivity index (χ0v) is 15.2. The second-order valence-electron chi connectivity index (χ2n) is 5.63. The molecular weight excluding hydrogens is 340 g/mol. The number of hydrogen-bond acceptors (Lipinski definition) is 4. The second kappa shape index (κ2) is 7.94. The van der Waals surface area contributed by atoms with Gasteiger partial charge in [-0.1, -0.05) is 35.9 Å². The highest BCUT2D eigenvalue weighted by molar-refractivity contribution is 7.90. The number of rotatable bonds is 5. The zero-order valence-electron chi connectivity index (χ0n) is 14.3. The normalized spacial score (nSPS) is 11.9. The number of aryl methyl sites for hydroxylation is 1. The summed E-state index contributed by atoms with van der Waals surface area (Å²) in [5.41, 5.74) is 1.42. The summed E-state index contributed by atoms with van der Waals surface area (Å²) in [5.74, 6) is -0.410. The smallest absolute Gasteiger partial charge is 0.285 e. The van der Waals surface area contributed by atoms with Gasteiger partial charge < -0.3 is 9.64 Å². The van der Waals surface area contributed by atoms with E-state index in [-0.39, 0.29) is 23.3 Å². The number of hydrogen-bond donors (Lipinski definition) is 0. The number of ether oxygens (including phenoxy) is 1. The van der Waals surface area contributed by atoms with E-state index >= 15 is 0 Å². The molecule has 0 N–H and O–H groups in total. The van der Waals surface area contributed by atoms with Crippen molar-refractivity contribution in [1.29, 1.82) is 0 Å². The Morgan fingerprint density at radius 3 is 2.20 bits per heavy atom. The van der Waals surface area contributed by atoms with E-state index in [1.165, 1.54) is 17.0 Å². The van der Waals surface area contributed by atoms with E-state index in [0.717, 1.165) is 5.56 Å². The molecular formula is C18H20N2O4S. The maximum atomic E-state index is 12.5. The van der Waals surface area contributed by atoms with Crippen LogP contribution in [-0.2, 0) is 19.6 Å². The highest BCUT2D eigenvalue weighted by Crippen LogP contribution is 2.15. The van der Waals surface area contributed by atoms with Crippen molar-refractivity contribution in [3.8, 4) is 0 Å². The van der Waals surface area contributed by atoms with E-state index < -0.39 is 10.0 Å². The number of carbonyl (C=O) groups is 1. The van der Waals surface area contributed by atoms with Gasteiger partial charge in [-0.25, -0.2) is 0 Å². The molecule has 0 fully saturated rings. The maximum absolute atomic E-state index is 12.5. The molecule has 0 aliphatic carbocycles. The van der Waals surface area contributed by atoms with Crippen molar-refractivity contribution in [2.24, 2.45) is 4.40 Å². The number of carbonyl (C=O) groups excluding carboxylic acids is 1. The van der Waals surface area contributed by atoms with Crippen LogP contribution in [0.5, 0.6) is 0 Å². The summed E-state index contributed by atoms with van der Waals surface area (Å²) in [6, 6.07) is 15.0. The molecule has 7 heteroatoms. The van der Waals surface area contributed by atoms with Crippen LogP contribution in [0.4, 0.5) is 0 Å². The first-order valence-corrected chi connectivity index (χ1v) is 9.03. The minimum atomic E-state index is -3.95. The van der Waals surface area contributed by atoms with Crippen molar-refractivity contribution in [2.45, 2.75) is 11.8 Å². The molecule has 2 aromatic carbocycles. The first kappa shape index (κ1) is 18.7. The van der Waals surface area contributed by atoms with Gasteiger partial charge in [0.05, 0.1) is 4.90 Å². The van der Waals surface area contributed by atoms with Gasteiger partial charge in [-0.2, -0.15) is 8.42 Å². The lowest BCUT2D eigenvalue weighted by atomic mass is 10.2. The third kappa shape index (κ3) is 5.15. The quantitative estimate of drug-likeness (QED) is 0.605. The van der Waals surface area contributed by atoms with Gasteiger partial charge >= 0.3 is 0 Å². The van der Waals surface area contributed by atoms with Crippen LogP contribution in [0, 0.1) is 6.92 Å². The molecule has 0 spiro atoms. The third-order valence-corrected chi connectivity index (χ3v) is 4.65. The average molecular weight is 360 g/mol. The molecule has 6 nitrogen and oxygen atoms in total. The number of nitrogens with zero attached hydrogens (tertiary/aromatic N) is 2. The molecule has 0 aromatic heterocycles. The molecule has 0 aliphatic heterocycles. The van der Waals surface area contributed by atoms with Gasteiger partial charge in [-0.3, -0.25) is 4.79 Å². The van der Waals surface area contributed by atoms with Crippen LogP contribution in [-0.4, -0.2) is 45.8 Å². The molecule has 0 heterocycles. The van der Waals surface area contributed by atoms with Crippen LogP contribution in [0.15, 0.2) is 63.9 Å². The molecule has 0 radical (unpaired) electrons. The number of likely N-dealkylation sites (N-methyl/N-ethyl adjacent to an activating group) is 1. The van der Waals surface area contributed by atoms with E-state index in [2.05, 4.69) is 4.40 Å². The standard InChI is InChI=1S/C18H20N2O4S/c1-14-9-11-16(12-10-14)25(22,23)19-18(15-7-5-4-6-8-15)24-13-17(21)20(2)3/h4-12H,13H2,1-3H3. The number of amides is 1. The fourth-order valence-corrected chi connectivity index (χ4v) is 2.84. The molecule has 25 heavy (non-hydrogen) atoms. The maximum Gasteiger partial charge on any atom is 0.285 e. The summed E-state index contributed by atoms with van der Waals surface area (Å²) in [4.78, 5) is 13.2. The summed E-state index contributed by atoms with van der Waals surface area (Å²) in [5, 5.41) is 0. The minimum Gasteiger partial charge on any atom is -0.467 e. The van der Waals surface area contributed by atoms with Gasteiger partial charge in [-0.05, 0) is 31.2 Å². The fraction of sp³-hybridized carbons (Fsp3) is 0.222. The van der Waals surface area contributed by atoms with Gasteiger partial charge in [0.15, 0.2) is 6.61 Å². The van der Waals surface area contributed by atoms with Gasteiger partial charge in [0.25, 0.3) is 15.9 Å². The Bertz CT molecular complexity index is 858. The highest BCUT2D eigenvalue weighted by atomic mass is 32.2. The Hall–Kier alpha value is -2.67. The van der Waals surface area contributed by atoms with Gasteiger partial charge in [0.2, 0.25) is 5.90 Å². The van der Waals surface area contributed by atoms with Crippen LogP contribution in [0.3, 0.4) is 0 Å². The van der Waals surface area contributed by atoms with E-state index in [9.17, 15) is 13.2 Å².